The average Bonchev–Trinajstić information content (AvgIpc) is 2.67. The predicted molar refractivity (Wildman–Crippen MR) is 104 cm³/mol. The Balaban J connectivity index is 1.68. The van der Waals surface area contributed by atoms with Gasteiger partial charge in [0.25, 0.3) is 0 Å². The highest BCUT2D eigenvalue weighted by atomic mass is 16.5. The molecule has 6 heteroatoms. The van der Waals surface area contributed by atoms with Crippen molar-refractivity contribution < 1.29 is 14.6 Å². The van der Waals surface area contributed by atoms with Crippen LogP contribution in [0.4, 0.5) is 5.82 Å². The van der Waals surface area contributed by atoms with Crippen LogP contribution in [0, 0.1) is 12.8 Å². The molecule has 1 saturated heterocycles. The normalized spacial score (nSPS) is 18.1. The van der Waals surface area contributed by atoms with E-state index in [9.17, 15) is 5.11 Å². The molecule has 0 saturated carbocycles. The number of rotatable bonds is 7. The van der Waals surface area contributed by atoms with Crippen LogP contribution in [0.25, 0.3) is 10.9 Å². The average molecular weight is 359 g/mol. The number of nitrogens with zero attached hydrogens (tertiary/aromatic N) is 2. The van der Waals surface area contributed by atoms with Crippen LogP contribution in [0.1, 0.15) is 18.4 Å². The van der Waals surface area contributed by atoms with Gasteiger partial charge in [0.05, 0.1) is 19.7 Å². The standard InChI is InChI=1S/C20H29N3O3/c1-14-9-20(21-6-8-23-7-4-5-15(12-23)13-24)22-17-11-19(26-3)18(25-2)10-16(14)17/h9-11,15,24H,4-8,12-13H2,1-3H3,(H,21,22)/t15-/m0/s1. The number of aliphatic hydroxyl groups excluding tert-OH is 1. The number of fused-ring (bicyclic) bond motifs is 1. The molecule has 142 valence electrons. The Morgan fingerprint density at radius 2 is 2.00 bits per heavy atom. The summed E-state index contributed by atoms with van der Waals surface area (Å²) >= 11 is 0. The van der Waals surface area contributed by atoms with E-state index in [0.29, 0.717) is 24.0 Å². The minimum Gasteiger partial charge on any atom is -0.493 e. The van der Waals surface area contributed by atoms with Gasteiger partial charge in [-0.2, -0.15) is 0 Å². The molecule has 1 aromatic carbocycles. The molecule has 1 aliphatic rings. The lowest BCUT2D eigenvalue weighted by Gasteiger charge is -2.31. The molecule has 0 radical (unpaired) electrons. The number of benzene rings is 1. The van der Waals surface area contributed by atoms with Crippen molar-refractivity contribution in [1.82, 2.24) is 9.88 Å². The second-order valence-corrected chi connectivity index (χ2v) is 6.97. The van der Waals surface area contributed by atoms with Crippen LogP contribution in [0.15, 0.2) is 18.2 Å². The van der Waals surface area contributed by atoms with Gasteiger partial charge >= 0.3 is 0 Å². The third kappa shape index (κ3) is 4.19. The van der Waals surface area contributed by atoms with Gasteiger partial charge in [0, 0.05) is 37.7 Å². The largest absolute Gasteiger partial charge is 0.493 e. The molecule has 2 heterocycles. The molecular weight excluding hydrogens is 330 g/mol. The summed E-state index contributed by atoms with van der Waals surface area (Å²) in [5.41, 5.74) is 2.04. The van der Waals surface area contributed by atoms with Crippen LogP contribution in [-0.4, -0.2) is 62.0 Å². The molecule has 0 amide bonds. The molecule has 0 aliphatic carbocycles. The fourth-order valence-electron chi connectivity index (χ4n) is 3.66. The summed E-state index contributed by atoms with van der Waals surface area (Å²) in [5, 5.41) is 13.9. The molecule has 2 N–H and O–H groups in total. The number of ether oxygens (including phenoxy) is 2. The molecule has 1 aromatic heterocycles. The summed E-state index contributed by atoms with van der Waals surface area (Å²) < 4.78 is 10.8. The second-order valence-electron chi connectivity index (χ2n) is 6.97. The van der Waals surface area contributed by atoms with E-state index in [1.165, 1.54) is 6.42 Å². The summed E-state index contributed by atoms with van der Waals surface area (Å²) in [7, 11) is 3.28. The first-order valence-corrected chi connectivity index (χ1v) is 9.25. The molecule has 0 unspecified atom stereocenters. The van der Waals surface area contributed by atoms with Crippen molar-refractivity contribution in [2.75, 3.05) is 52.3 Å². The van der Waals surface area contributed by atoms with E-state index in [0.717, 1.165) is 54.9 Å². The molecule has 2 aromatic rings. The van der Waals surface area contributed by atoms with Gasteiger partial charge in [0.15, 0.2) is 11.5 Å². The van der Waals surface area contributed by atoms with Gasteiger partial charge in [0.1, 0.15) is 5.82 Å². The third-order valence-corrected chi connectivity index (χ3v) is 5.12. The molecule has 6 nitrogen and oxygen atoms in total. The zero-order chi connectivity index (χ0) is 18.5. The predicted octanol–water partition coefficient (Wildman–Crippen LogP) is 2.68. The highest BCUT2D eigenvalue weighted by molar-refractivity contribution is 5.87. The Hall–Kier alpha value is -2.05. The van der Waals surface area contributed by atoms with Crippen LogP contribution >= 0.6 is 0 Å². The highest BCUT2D eigenvalue weighted by Gasteiger charge is 2.18. The number of methoxy groups -OCH3 is 2. The monoisotopic (exact) mass is 359 g/mol. The number of anilines is 1. The molecule has 0 bridgehead atoms. The molecular formula is C20H29N3O3. The molecule has 1 fully saturated rings. The Kier molecular flexibility index (Phi) is 6.16. The van der Waals surface area contributed by atoms with Gasteiger partial charge in [-0.1, -0.05) is 0 Å². The smallest absolute Gasteiger partial charge is 0.162 e. The SMILES string of the molecule is COc1cc2nc(NCCN3CCC[C@H](CO)C3)cc(C)c2cc1OC. The number of aliphatic hydroxyl groups is 1. The summed E-state index contributed by atoms with van der Waals surface area (Å²) in [5.74, 6) is 2.70. The lowest BCUT2D eigenvalue weighted by molar-refractivity contribution is 0.123. The fraction of sp³-hybridized carbons (Fsp3) is 0.550. The van der Waals surface area contributed by atoms with Crippen LogP contribution in [0.3, 0.4) is 0 Å². The summed E-state index contributed by atoms with van der Waals surface area (Å²) in [6.07, 6.45) is 2.30. The van der Waals surface area contributed by atoms with Gasteiger partial charge in [-0.05, 0) is 49.9 Å². The van der Waals surface area contributed by atoms with Crippen molar-refractivity contribution in [3.63, 3.8) is 0 Å². The maximum atomic E-state index is 9.35. The van der Waals surface area contributed by atoms with Gasteiger partial charge < -0.3 is 24.8 Å². The first-order valence-electron chi connectivity index (χ1n) is 9.25. The van der Waals surface area contributed by atoms with Gasteiger partial charge in [-0.3, -0.25) is 0 Å². The lowest BCUT2D eigenvalue weighted by atomic mass is 9.99. The topological polar surface area (TPSA) is 66.9 Å². The minimum absolute atomic E-state index is 0.292. The van der Waals surface area contributed by atoms with E-state index in [1.807, 2.05) is 12.1 Å². The quantitative estimate of drug-likeness (QED) is 0.792. The van der Waals surface area contributed by atoms with Gasteiger partial charge in [-0.25, -0.2) is 4.98 Å². The third-order valence-electron chi connectivity index (χ3n) is 5.12. The van der Waals surface area contributed by atoms with E-state index in [2.05, 4.69) is 23.2 Å². The van der Waals surface area contributed by atoms with Crippen LogP contribution in [0.2, 0.25) is 0 Å². The van der Waals surface area contributed by atoms with E-state index < -0.39 is 0 Å². The Labute approximate surface area is 155 Å². The molecule has 1 aliphatic heterocycles. The van der Waals surface area contributed by atoms with Crippen molar-refractivity contribution in [2.24, 2.45) is 5.92 Å². The summed E-state index contributed by atoms with van der Waals surface area (Å²) in [6.45, 7) is 6.27. The van der Waals surface area contributed by atoms with Crippen molar-refractivity contribution in [1.29, 1.82) is 0 Å². The lowest BCUT2D eigenvalue weighted by Crippen LogP contribution is -2.39. The summed E-state index contributed by atoms with van der Waals surface area (Å²) in [6, 6.07) is 5.97. The summed E-state index contributed by atoms with van der Waals surface area (Å²) in [4.78, 5) is 7.14. The van der Waals surface area contributed by atoms with Crippen LogP contribution in [-0.2, 0) is 0 Å². The number of hydrogen-bond donors (Lipinski definition) is 2. The Bertz CT molecular complexity index is 751. The number of piperidine rings is 1. The number of aromatic nitrogens is 1. The molecule has 0 spiro atoms. The second kappa shape index (κ2) is 8.56. The van der Waals surface area contributed by atoms with Gasteiger partial charge in [0.2, 0.25) is 0 Å². The van der Waals surface area contributed by atoms with Gasteiger partial charge in [-0.15, -0.1) is 0 Å². The van der Waals surface area contributed by atoms with Crippen molar-refractivity contribution in [3.8, 4) is 11.5 Å². The van der Waals surface area contributed by atoms with E-state index in [4.69, 9.17) is 14.5 Å². The number of likely N-dealkylation sites (tertiary alicyclic amines) is 1. The maximum Gasteiger partial charge on any atom is 0.162 e. The van der Waals surface area contributed by atoms with Crippen molar-refractivity contribution in [3.05, 3.63) is 23.8 Å². The van der Waals surface area contributed by atoms with E-state index in [1.54, 1.807) is 14.2 Å². The first-order chi connectivity index (χ1) is 12.6. The zero-order valence-electron chi connectivity index (χ0n) is 15.9. The van der Waals surface area contributed by atoms with E-state index >= 15 is 0 Å². The Morgan fingerprint density at radius 3 is 2.73 bits per heavy atom. The maximum absolute atomic E-state index is 9.35. The minimum atomic E-state index is 0.292. The number of nitrogens with one attached hydrogen (secondary N) is 1. The molecule has 26 heavy (non-hydrogen) atoms. The first kappa shape index (κ1) is 18.7. The fourth-order valence-corrected chi connectivity index (χ4v) is 3.66. The molecule has 3 rings (SSSR count). The highest BCUT2D eigenvalue weighted by Crippen LogP contribution is 2.33. The van der Waals surface area contributed by atoms with Crippen LogP contribution < -0.4 is 14.8 Å². The zero-order valence-corrected chi connectivity index (χ0v) is 15.9. The number of pyridine rings is 1. The Morgan fingerprint density at radius 1 is 1.23 bits per heavy atom. The van der Waals surface area contributed by atoms with Crippen molar-refractivity contribution in [2.45, 2.75) is 19.8 Å². The number of hydrogen-bond acceptors (Lipinski definition) is 6. The van der Waals surface area contributed by atoms with E-state index in [-0.39, 0.29) is 0 Å². The van der Waals surface area contributed by atoms with Crippen molar-refractivity contribution >= 4 is 16.7 Å². The number of aryl methyl sites for hydroxylation is 1. The molecule has 1 atom stereocenters. The van der Waals surface area contributed by atoms with Crippen LogP contribution in [0.5, 0.6) is 11.5 Å².